The Morgan fingerprint density at radius 1 is 1.18 bits per heavy atom. The van der Waals surface area contributed by atoms with Crippen molar-refractivity contribution in [2.75, 3.05) is 11.9 Å². The van der Waals surface area contributed by atoms with Crippen LogP contribution in [0.4, 0.5) is 5.69 Å². The van der Waals surface area contributed by atoms with Crippen LogP contribution in [0.15, 0.2) is 47.6 Å². The fraction of sp³-hybridized carbons (Fsp3) is 0.158. The van der Waals surface area contributed by atoms with E-state index in [4.69, 9.17) is 21.4 Å². The molecule has 0 saturated carbocycles. The van der Waals surface area contributed by atoms with Gasteiger partial charge < -0.3 is 15.2 Å². The van der Waals surface area contributed by atoms with Crippen LogP contribution in [0, 0.1) is 0 Å². The molecule has 0 atom stereocenters. The van der Waals surface area contributed by atoms with Crippen LogP contribution >= 0.6 is 11.6 Å². The third-order valence-corrected chi connectivity index (χ3v) is 3.78. The van der Waals surface area contributed by atoms with Crippen molar-refractivity contribution < 1.29 is 24.2 Å². The Labute approximate surface area is 166 Å². The van der Waals surface area contributed by atoms with Gasteiger partial charge >= 0.3 is 17.8 Å². The maximum atomic E-state index is 12.0. The molecule has 0 aliphatic heterocycles. The van der Waals surface area contributed by atoms with Crippen molar-refractivity contribution in [1.29, 1.82) is 0 Å². The quantitative estimate of drug-likeness (QED) is 0.373. The maximum Gasteiger partial charge on any atom is 0.341 e. The van der Waals surface area contributed by atoms with Crippen LogP contribution in [-0.2, 0) is 20.8 Å². The lowest BCUT2D eigenvalue weighted by Crippen LogP contribution is -2.32. The molecular weight excluding hydrogens is 386 g/mol. The summed E-state index contributed by atoms with van der Waals surface area (Å²) < 4.78 is 5.12. The molecule has 0 saturated heterocycles. The van der Waals surface area contributed by atoms with Gasteiger partial charge in [0.2, 0.25) is 0 Å². The van der Waals surface area contributed by atoms with E-state index in [1.165, 1.54) is 24.4 Å². The number of carboxylic acids is 1. The van der Waals surface area contributed by atoms with Crippen molar-refractivity contribution in [2.24, 2.45) is 5.10 Å². The van der Waals surface area contributed by atoms with Gasteiger partial charge in [-0.2, -0.15) is 5.10 Å². The van der Waals surface area contributed by atoms with Crippen molar-refractivity contribution in [3.05, 3.63) is 58.6 Å². The molecule has 2 aromatic carbocycles. The minimum Gasteiger partial charge on any atom is -0.481 e. The summed E-state index contributed by atoms with van der Waals surface area (Å²) in [6.07, 6.45) is 1.90. The molecule has 0 unspecified atom stereocenters. The molecule has 8 nitrogen and oxygen atoms in total. The normalized spacial score (nSPS) is 10.5. The first-order valence-corrected chi connectivity index (χ1v) is 8.65. The summed E-state index contributed by atoms with van der Waals surface area (Å²) in [6.45, 7) is 1.39. The number of nitrogens with zero attached hydrogens (tertiary/aromatic N) is 1. The molecule has 0 radical (unpaired) electrons. The molecule has 0 spiro atoms. The van der Waals surface area contributed by atoms with Gasteiger partial charge in [-0.05, 0) is 36.2 Å². The van der Waals surface area contributed by atoms with Gasteiger partial charge in [0.15, 0.2) is 6.61 Å². The zero-order valence-electron chi connectivity index (χ0n) is 14.9. The predicted molar refractivity (Wildman–Crippen MR) is 105 cm³/mol. The minimum atomic E-state index is -1.14. The highest BCUT2D eigenvalue weighted by atomic mass is 35.5. The van der Waals surface area contributed by atoms with E-state index in [9.17, 15) is 14.4 Å². The number of anilines is 1. The van der Waals surface area contributed by atoms with Crippen LogP contribution in [0.25, 0.3) is 0 Å². The second-order valence-corrected chi connectivity index (χ2v) is 5.96. The fourth-order valence-corrected chi connectivity index (χ4v) is 2.41. The molecular formula is C19H18ClN3O5. The van der Waals surface area contributed by atoms with Gasteiger partial charge in [-0.25, -0.2) is 10.2 Å². The van der Waals surface area contributed by atoms with Gasteiger partial charge in [0.1, 0.15) is 5.75 Å². The standard InChI is InChI=1S/C19H18ClN3O5/c1-2-12-5-3-4-6-15(12)22-18(26)19(27)23-21-10-13-9-14(20)7-8-16(13)28-11-17(24)25/h3-10H,2,11H2,1H3,(H,22,26)(H,23,27)(H,24,25)/b21-10-. The molecule has 28 heavy (non-hydrogen) atoms. The molecule has 0 fully saturated rings. The Bertz CT molecular complexity index is 914. The van der Waals surface area contributed by atoms with E-state index in [2.05, 4.69) is 15.8 Å². The highest BCUT2D eigenvalue weighted by Gasteiger charge is 2.14. The second-order valence-electron chi connectivity index (χ2n) is 5.53. The Balaban J connectivity index is 2.01. The number of carbonyl (C=O) groups excluding carboxylic acids is 2. The maximum absolute atomic E-state index is 12.0. The monoisotopic (exact) mass is 403 g/mol. The largest absolute Gasteiger partial charge is 0.481 e. The lowest BCUT2D eigenvalue weighted by atomic mass is 10.1. The zero-order valence-corrected chi connectivity index (χ0v) is 15.7. The van der Waals surface area contributed by atoms with Gasteiger partial charge in [0.05, 0.1) is 6.21 Å². The lowest BCUT2D eigenvalue weighted by Gasteiger charge is -2.09. The molecule has 146 valence electrons. The van der Waals surface area contributed by atoms with Gasteiger partial charge in [-0.15, -0.1) is 0 Å². The summed E-state index contributed by atoms with van der Waals surface area (Å²) in [4.78, 5) is 34.6. The molecule has 2 amide bonds. The van der Waals surface area contributed by atoms with E-state index in [1.54, 1.807) is 12.1 Å². The summed E-state index contributed by atoms with van der Waals surface area (Å²) >= 11 is 5.91. The number of carboxylic acid groups (broad SMARTS) is 1. The lowest BCUT2D eigenvalue weighted by molar-refractivity contribution is -0.139. The number of hydrogen-bond acceptors (Lipinski definition) is 5. The van der Waals surface area contributed by atoms with Crippen molar-refractivity contribution in [3.8, 4) is 5.75 Å². The third-order valence-electron chi connectivity index (χ3n) is 3.55. The predicted octanol–water partition coefficient (Wildman–Crippen LogP) is 2.45. The topological polar surface area (TPSA) is 117 Å². The Morgan fingerprint density at radius 2 is 1.93 bits per heavy atom. The molecule has 2 rings (SSSR count). The average molecular weight is 404 g/mol. The van der Waals surface area contributed by atoms with Crippen molar-refractivity contribution in [3.63, 3.8) is 0 Å². The highest BCUT2D eigenvalue weighted by Crippen LogP contribution is 2.21. The number of carbonyl (C=O) groups is 3. The summed E-state index contributed by atoms with van der Waals surface area (Å²) in [5.74, 6) is -2.76. The van der Waals surface area contributed by atoms with E-state index in [1.807, 2.05) is 19.1 Å². The summed E-state index contributed by atoms with van der Waals surface area (Å²) in [7, 11) is 0. The number of rotatable bonds is 7. The van der Waals surface area contributed by atoms with Crippen molar-refractivity contribution in [1.82, 2.24) is 5.43 Å². The molecule has 0 bridgehead atoms. The molecule has 3 N–H and O–H groups in total. The SMILES string of the molecule is CCc1ccccc1NC(=O)C(=O)N/N=C\c1cc(Cl)ccc1OCC(=O)O. The Morgan fingerprint density at radius 3 is 2.64 bits per heavy atom. The first-order valence-electron chi connectivity index (χ1n) is 8.27. The number of nitrogens with one attached hydrogen (secondary N) is 2. The number of amides is 2. The van der Waals surface area contributed by atoms with E-state index in [0.717, 1.165) is 5.56 Å². The summed E-state index contributed by atoms with van der Waals surface area (Å²) in [5, 5.41) is 15.3. The molecule has 0 aliphatic carbocycles. The molecule has 0 aromatic heterocycles. The summed E-state index contributed by atoms with van der Waals surface area (Å²) in [5.41, 5.74) is 3.89. The smallest absolute Gasteiger partial charge is 0.341 e. The number of hydrogen-bond donors (Lipinski definition) is 3. The van der Waals surface area contributed by atoms with Crippen LogP contribution in [0.2, 0.25) is 5.02 Å². The molecule has 0 aliphatic rings. The summed E-state index contributed by atoms with van der Waals surface area (Å²) in [6, 6.07) is 11.6. The van der Waals surface area contributed by atoms with Crippen molar-refractivity contribution >= 4 is 41.3 Å². The van der Waals surface area contributed by atoms with Gasteiger partial charge in [-0.3, -0.25) is 9.59 Å². The van der Waals surface area contributed by atoms with Crippen molar-refractivity contribution in [2.45, 2.75) is 13.3 Å². The fourth-order valence-electron chi connectivity index (χ4n) is 2.23. The molecule has 2 aromatic rings. The van der Waals surface area contributed by atoms with Crippen LogP contribution in [-0.4, -0.2) is 35.7 Å². The van der Waals surface area contributed by atoms with Crippen LogP contribution < -0.4 is 15.5 Å². The molecule has 9 heteroatoms. The minimum absolute atomic E-state index is 0.214. The van der Waals surface area contributed by atoms with Gasteiger partial charge in [0.25, 0.3) is 0 Å². The van der Waals surface area contributed by atoms with E-state index >= 15 is 0 Å². The second kappa shape index (κ2) is 10.1. The number of para-hydroxylation sites is 1. The van der Waals surface area contributed by atoms with Gasteiger partial charge in [0, 0.05) is 16.3 Å². The number of benzene rings is 2. The highest BCUT2D eigenvalue weighted by molar-refractivity contribution is 6.39. The first kappa shape index (κ1) is 20.9. The number of hydrazone groups is 1. The number of halogens is 1. The number of ether oxygens (including phenoxy) is 1. The Hall–Kier alpha value is -3.39. The molecule has 0 heterocycles. The van der Waals surface area contributed by atoms with E-state index < -0.39 is 24.4 Å². The van der Waals surface area contributed by atoms with E-state index in [-0.39, 0.29) is 5.75 Å². The Kier molecular flexibility index (Phi) is 7.53. The van der Waals surface area contributed by atoms with Crippen LogP contribution in [0.3, 0.4) is 0 Å². The first-order chi connectivity index (χ1) is 13.4. The van der Waals surface area contributed by atoms with E-state index in [0.29, 0.717) is 22.7 Å². The third kappa shape index (κ3) is 6.10. The average Bonchev–Trinajstić information content (AvgIpc) is 2.67. The van der Waals surface area contributed by atoms with Gasteiger partial charge in [-0.1, -0.05) is 36.7 Å². The van der Waals surface area contributed by atoms with Crippen LogP contribution in [0.5, 0.6) is 5.75 Å². The number of aryl methyl sites for hydroxylation is 1. The van der Waals surface area contributed by atoms with Crippen LogP contribution in [0.1, 0.15) is 18.1 Å². The zero-order chi connectivity index (χ0) is 20.5. The number of aliphatic carboxylic acids is 1.